The number of hydrogen-bond donors (Lipinski definition) is 0. The van der Waals surface area contributed by atoms with E-state index in [0.29, 0.717) is 0 Å². The summed E-state index contributed by atoms with van der Waals surface area (Å²) in [6, 6.07) is 28.4. The van der Waals surface area contributed by atoms with E-state index in [4.69, 9.17) is 0 Å². The van der Waals surface area contributed by atoms with Gasteiger partial charge in [0, 0.05) is 25.8 Å². The SMILES string of the molecule is [CH3-].[CH3-].[Hf].c1ccc(CC[c-]2ccc3ccc4ccccc4c32)cc1. The van der Waals surface area contributed by atoms with E-state index < -0.39 is 0 Å². The van der Waals surface area contributed by atoms with Crippen LogP contribution in [0, 0.1) is 14.9 Å². The van der Waals surface area contributed by atoms with E-state index in [2.05, 4.69) is 78.9 Å². The Morgan fingerprint density at radius 2 is 1.33 bits per heavy atom. The molecule has 0 saturated carbocycles. The zero-order chi connectivity index (χ0) is 14.1. The Kier molecular flexibility index (Phi) is 7.69. The van der Waals surface area contributed by atoms with Gasteiger partial charge in [0.25, 0.3) is 0 Å². The van der Waals surface area contributed by atoms with Gasteiger partial charge in [0.05, 0.1) is 0 Å². The van der Waals surface area contributed by atoms with Gasteiger partial charge in [-0.3, -0.25) is 0 Å². The number of hydrogen-bond acceptors (Lipinski definition) is 0. The largest absolute Gasteiger partial charge is 0.358 e. The molecule has 0 bridgehead atoms. The van der Waals surface area contributed by atoms with Crippen LogP contribution in [0.4, 0.5) is 0 Å². The molecule has 24 heavy (non-hydrogen) atoms. The van der Waals surface area contributed by atoms with Gasteiger partial charge in [-0.25, -0.2) is 0 Å². The van der Waals surface area contributed by atoms with E-state index in [1.807, 2.05) is 0 Å². The minimum atomic E-state index is 0. The van der Waals surface area contributed by atoms with Gasteiger partial charge < -0.3 is 14.9 Å². The van der Waals surface area contributed by atoms with E-state index in [0.717, 1.165) is 12.8 Å². The van der Waals surface area contributed by atoms with Gasteiger partial charge in [0.2, 0.25) is 0 Å². The summed E-state index contributed by atoms with van der Waals surface area (Å²) in [5.74, 6) is 0. The van der Waals surface area contributed by atoms with Crippen molar-refractivity contribution in [3.05, 3.63) is 105 Å². The van der Waals surface area contributed by atoms with Crippen molar-refractivity contribution in [3.8, 4) is 0 Å². The van der Waals surface area contributed by atoms with Crippen molar-refractivity contribution in [1.29, 1.82) is 0 Å². The molecule has 1 heteroatoms. The van der Waals surface area contributed by atoms with Crippen molar-refractivity contribution >= 4 is 21.5 Å². The average molecular weight is 478 g/mol. The van der Waals surface area contributed by atoms with Gasteiger partial charge in [-0.1, -0.05) is 77.9 Å². The third-order valence-corrected chi connectivity index (χ3v) is 4.27. The first-order valence-electron chi connectivity index (χ1n) is 7.52. The summed E-state index contributed by atoms with van der Waals surface area (Å²) in [5, 5.41) is 5.50. The number of fused-ring (bicyclic) bond motifs is 3. The summed E-state index contributed by atoms with van der Waals surface area (Å²) in [7, 11) is 0. The fourth-order valence-corrected chi connectivity index (χ4v) is 3.19. The molecule has 122 valence electrons. The van der Waals surface area contributed by atoms with Crippen molar-refractivity contribution < 1.29 is 25.8 Å². The molecule has 0 nitrogen and oxygen atoms in total. The molecule has 0 fully saturated rings. The van der Waals surface area contributed by atoms with E-state index in [9.17, 15) is 0 Å². The summed E-state index contributed by atoms with van der Waals surface area (Å²) in [6.07, 6.45) is 2.20. The molecule has 0 amide bonds. The normalized spacial score (nSPS) is 9.83. The van der Waals surface area contributed by atoms with Crippen LogP contribution >= 0.6 is 0 Å². The molecular weight excluding hydrogens is 455 g/mol. The maximum absolute atomic E-state index is 2.29. The molecule has 0 aliphatic rings. The van der Waals surface area contributed by atoms with Crippen LogP contribution in [0.25, 0.3) is 21.5 Å². The smallest absolute Gasteiger partial charge is 0 e. The van der Waals surface area contributed by atoms with Crippen molar-refractivity contribution in [1.82, 2.24) is 0 Å². The monoisotopic (exact) mass is 479 g/mol. The first-order valence-corrected chi connectivity index (χ1v) is 7.52. The van der Waals surface area contributed by atoms with E-state index >= 15 is 0 Å². The zero-order valence-electron chi connectivity index (χ0n) is 14.4. The number of rotatable bonds is 3. The summed E-state index contributed by atoms with van der Waals surface area (Å²) >= 11 is 0. The van der Waals surface area contributed by atoms with Gasteiger partial charge in [-0.15, -0.1) is 28.5 Å². The Morgan fingerprint density at radius 1 is 0.667 bits per heavy atom. The van der Waals surface area contributed by atoms with Gasteiger partial charge in [-0.05, 0) is 12.0 Å². The van der Waals surface area contributed by atoms with E-state index in [-0.39, 0.29) is 40.7 Å². The molecule has 0 atom stereocenters. The zero-order valence-corrected chi connectivity index (χ0v) is 18.0. The second-order valence-electron chi connectivity index (χ2n) is 5.60. The molecule has 0 unspecified atom stereocenters. The van der Waals surface area contributed by atoms with Crippen LogP contribution < -0.4 is 0 Å². The van der Waals surface area contributed by atoms with Crippen LogP contribution in [-0.4, -0.2) is 0 Å². The second kappa shape index (κ2) is 9.03. The maximum Gasteiger partial charge on any atom is 0 e. The first-order chi connectivity index (χ1) is 10.4. The minimum Gasteiger partial charge on any atom is -0.358 e. The second-order valence-corrected chi connectivity index (χ2v) is 5.60. The summed E-state index contributed by atoms with van der Waals surface area (Å²) < 4.78 is 0. The van der Waals surface area contributed by atoms with Gasteiger partial charge >= 0.3 is 0 Å². The Hall–Kier alpha value is -1.60. The minimum absolute atomic E-state index is 0. The van der Waals surface area contributed by atoms with Crippen LogP contribution in [0.15, 0.2) is 78.9 Å². The molecule has 4 rings (SSSR count). The first kappa shape index (κ1) is 20.4. The van der Waals surface area contributed by atoms with E-state index in [1.165, 1.54) is 32.7 Å². The average Bonchev–Trinajstić information content (AvgIpc) is 2.97. The van der Waals surface area contributed by atoms with Crippen LogP contribution in [0.3, 0.4) is 0 Å². The third kappa shape index (κ3) is 3.89. The number of aryl methyl sites for hydroxylation is 2. The third-order valence-electron chi connectivity index (χ3n) is 4.27. The Morgan fingerprint density at radius 3 is 2.12 bits per heavy atom. The predicted octanol–water partition coefficient (Wildman–Crippen LogP) is 6.40. The molecule has 4 aromatic carbocycles. The van der Waals surface area contributed by atoms with Crippen molar-refractivity contribution in [2.75, 3.05) is 0 Å². The van der Waals surface area contributed by atoms with Crippen molar-refractivity contribution in [3.63, 3.8) is 0 Å². The Balaban J connectivity index is 0.000000960. The molecule has 0 heterocycles. The summed E-state index contributed by atoms with van der Waals surface area (Å²) in [5.41, 5.74) is 2.87. The quantitative estimate of drug-likeness (QED) is 0.237. The standard InChI is InChI=1S/C21H17.2CH3.Hf/c1-2-6-16(7-3-1)10-11-18-14-15-19-13-12-17-8-4-5-9-20(17)21(18)19;;;/h1-9,12-15H,10-11H2;2*1H3;/q3*-1;. The molecule has 0 aliphatic heterocycles. The fourth-order valence-electron chi connectivity index (χ4n) is 3.19. The fraction of sp³-hybridized carbons (Fsp3) is 0.0870. The molecule has 0 aromatic heterocycles. The summed E-state index contributed by atoms with van der Waals surface area (Å²) in [6.45, 7) is 0. The number of benzene rings is 3. The van der Waals surface area contributed by atoms with Crippen molar-refractivity contribution in [2.24, 2.45) is 0 Å². The maximum atomic E-state index is 2.29. The molecule has 0 aliphatic carbocycles. The Labute approximate surface area is 164 Å². The van der Waals surface area contributed by atoms with Gasteiger partial charge in [-0.2, -0.15) is 6.07 Å². The van der Waals surface area contributed by atoms with Gasteiger partial charge in [0.15, 0.2) is 0 Å². The summed E-state index contributed by atoms with van der Waals surface area (Å²) in [4.78, 5) is 0. The molecular formula is C23H23Hf-3. The van der Waals surface area contributed by atoms with Crippen LogP contribution in [0.2, 0.25) is 0 Å². The molecule has 0 radical (unpaired) electrons. The predicted molar refractivity (Wildman–Crippen MR) is 104 cm³/mol. The molecule has 0 saturated heterocycles. The Bertz CT molecular complexity index is 888. The van der Waals surface area contributed by atoms with Gasteiger partial charge in [0.1, 0.15) is 0 Å². The topological polar surface area (TPSA) is 0 Å². The van der Waals surface area contributed by atoms with Crippen molar-refractivity contribution in [2.45, 2.75) is 12.8 Å². The van der Waals surface area contributed by atoms with E-state index in [1.54, 1.807) is 0 Å². The van der Waals surface area contributed by atoms with Crippen LogP contribution in [-0.2, 0) is 38.7 Å². The molecule has 0 spiro atoms. The van der Waals surface area contributed by atoms with Crippen LogP contribution in [0.5, 0.6) is 0 Å². The molecule has 4 aromatic rings. The molecule has 0 N–H and O–H groups in total. The van der Waals surface area contributed by atoms with Crippen LogP contribution in [0.1, 0.15) is 11.1 Å².